The molecular weight excluding hydrogens is 224 g/mol. The van der Waals surface area contributed by atoms with Gasteiger partial charge in [-0.1, -0.05) is 30.3 Å². The molecule has 3 aromatic rings. The molecule has 0 aliphatic rings. The molecule has 0 radical (unpaired) electrons. The lowest BCUT2D eigenvalue weighted by molar-refractivity contribution is 0.889. The van der Waals surface area contributed by atoms with Gasteiger partial charge >= 0.3 is 0 Å². The zero-order valence-electron chi connectivity index (χ0n) is 10.2. The van der Waals surface area contributed by atoms with Crippen LogP contribution in [0.5, 0.6) is 0 Å². The zero-order chi connectivity index (χ0) is 12.5. The van der Waals surface area contributed by atoms with Gasteiger partial charge < -0.3 is 5.73 Å². The summed E-state index contributed by atoms with van der Waals surface area (Å²) in [5.41, 5.74) is 10.6. The summed E-state index contributed by atoms with van der Waals surface area (Å²) < 4.78 is 1.75. The summed E-state index contributed by atoms with van der Waals surface area (Å²) in [6.07, 6.45) is 4.47. The predicted octanol–water partition coefficient (Wildman–Crippen LogP) is 2.21. The maximum atomic E-state index is 6.09. The third kappa shape index (κ3) is 1.82. The molecule has 0 spiro atoms. The first kappa shape index (κ1) is 10.8. The quantitative estimate of drug-likeness (QED) is 0.744. The summed E-state index contributed by atoms with van der Waals surface area (Å²) in [6.45, 7) is 1.99. The van der Waals surface area contributed by atoms with Crippen molar-refractivity contribution >= 4 is 11.3 Å². The third-order valence-corrected chi connectivity index (χ3v) is 2.93. The molecule has 0 amide bonds. The lowest BCUT2D eigenvalue weighted by atomic mass is 10.1. The zero-order valence-corrected chi connectivity index (χ0v) is 10.2. The van der Waals surface area contributed by atoms with Gasteiger partial charge in [-0.05, 0) is 18.1 Å². The number of aromatic nitrogens is 3. The van der Waals surface area contributed by atoms with E-state index in [2.05, 4.69) is 22.2 Å². The van der Waals surface area contributed by atoms with Gasteiger partial charge in [-0.2, -0.15) is 5.10 Å². The largest absolute Gasteiger partial charge is 0.394 e. The van der Waals surface area contributed by atoms with Gasteiger partial charge in [0.1, 0.15) is 5.69 Å². The van der Waals surface area contributed by atoms with E-state index in [0.29, 0.717) is 5.69 Å². The molecule has 2 heterocycles. The second-order valence-corrected chi connectivity index (χ2v) is 4.42. The molecule has 4 nitrogen and oxygen atoms in total. The molecule has 4 heteroatoms. The van der Waals surface area contributed by atoms with Gasteiger partial charge in [-0.15, -0.1) is 0 Å². The molecule has 3 rings (SSSR count). The summed E-state index contributed by atoms with van der Waals surface area (Å²) in [4.78, 5) is 4.32. The number of benzene rings is 1. The van der Waals surface area contributed by atoms with Gasteiger partial charge in [0, 0.05) is 18.8 Å². The molecule has 0 unspecified atom stereocenters. The lowest BCUT2D eigenvalue weighted by Gasteiger charge is -1.97. The minimum Gasteiger partial charge on any atom is -0.394 e. The number of nitrogen functional groups attached to an aromatic ring is 1. The fraction of sp³-hybridized carbons (Fsp3) is 0.143. The Balaban J connectivity index is 2.05. The van der Waals surface area contributed by atoms with E-state index in [-0.39, 0.29) is 0 Å². The molecule has 2 N–H and O–H groups in total. The topological polar surface area (TPSA) is 56.2 Å². The van der Waals surface area contributed by atoms with E-state index in [1.807, 2.05) is 31.3 Å². The number of hydrogen-bond donors (Lipinski definition) is 1. The third-order valence-electron chi connectivity index (χ3n) is 2.93. The molecule has 0 fully saturated rings. The van der Waals surface area contributed by atoms with E-state index in [4.69, 9.17) is 5.73 Å². The molecule has 2 aromatic heterocycles. The minimum atomic E-state index is 0.666. The van der Waals surface area contributed by atoms with Crippen molar-refractivity contribution in [3.63, 3.8) is 0 Å². The number of fused-ring (bicyclic) bond motifs is 1. The van der Waals surface area contributed by atoms with Gasteiger partial charge in [0.25, 0.3) is 0 Å². The molecule has 0 aliphatic heterocycles. The van der Waals surface area contributed by atoms with E-state index >= 15 is 0 Å². The predicted molar refractivity (Wildman–Crippen MR) is 71.4 cm³/mol. The van der Waals surface area contributed by atoms with Crippen LogP contribution in [0, 0.1) is 6.92 Å². The fourth-order valence-electron chi connectivity index (χ4n) is 2.01. The molecule has 0 bridgehead atoms. The number of anilines is 1. The number of aryl methyl sites for hydroxylation is 1. The Kier molecular flexibility index (Phi) is 2.48. The van der Waals surface area contributed by atoms with Crippen LogP contribution in [-0.2, 0) is 6.42 Å². The second kappa shape index (κ2) is 4.14. The monoisotopic (exact) mass is 238 g/mol. The van der Waals surface area contributed by atoms with Crippen molar-refractivity contribution in [1.29, 1.82) is 0 Å². The molecule has 0 aliphatic carbocycles. The van der Waals surface area contributed by atoms with Crippen LogP contribution < -0.4 is 5.73 Å². The van der Waals surface area contributed by atoms with E-state index in [0.717, 1.165) is 23.3 Å². The van der Waals surface area contributed by atoms with Crippen LogP contribution in [0.2, 0.25) is 0 Å². The van der Waals surface area contributed by atoms with Crippen LogP contribution in [0.15, 0.2) is 42.7 Å². The van der Waals surface area contributed by atoms with Crippen LogP contribution in [0.25, 0.3) is 5.65 Å². The van der Waals surface area contributed by atoms with Crippen molar-refractivity contribution in [1.82, 2.24) is 14.6 Å². The highest BCUT2D eigenvalue weighted by atomic mass is 15.3. The Morgan fingerprint density at radius 2 is 2.00 bits per heavy atom. The number of nitrogens with two attached hydrogens (primary N) is 1. The summed E-state index contributed by atoms with van der Waals surface area (Å²) in [7, 11) is 0. The molecule has 1 aromatic carbocycles. The van der Waals surface area contributed by atoms with E-state index in [1.54, 1.807) is 10.7 Å². The summed E-state index contributed by atoms with van der Waals surface area (Å²) in [5.74, 6) is 0. The second-order valence-electron chi connectivity index (χ2n) is 4.42. The first-order valence-corrected chi connectivity index (χ1v) is 5.87. The first-order valence-electron chi connectivity index (χ1n) is 5.87. The molecule has 18 heavy (non-hydrogen) atoms. The van der Waals surface area contributed by atoms with Crippen molar-refractivity contribution in [3.8, 4) is 0 Å². The normalized spacial score (nSPS) is 10.9. The van der Waals surface area contributed by atoms with Gasteiger partial charge in [-0.25, -0.2) is 9.50 Å². The first-order chi connectivity index (χ1) is 8.74. The van der Waals surface area contributed by atoms with Crippen LogP contribution in [0.1, 0.15) is 16.8 Å². The average molecular weight is 238 g/mol. The minimum absolute atomic E-state index is 0.666. The Hall–Kier alpha value is -2.36. The van der Waals surface area contributed by atoms with E-state index in [1.165, 1.54) is 5.56 Å². The Bertz CT molecular complexity index is 686. The van der Waals surface area contributed by atoms with Gasteiger partial charge in [0.05, 0.1) is 5.69 Å². The van der Waals surface area contributed by atoms with Crippen LogP contribution in [0.4, 0.5) is 5.69 Å². The fourth-order valence-corrected chi connectivity index (χ4v) is 2.01. The van der Waals surface area contributed by atoms with Gasteiger partial charge in [0.15, 0.2) is 5.65 Å². The summed E-state index contributed by atoms with van der Waals surface area (Å²) in [6, 6.07) is 10.2. The Morgan fingerprint density at radius 1 is 1.22 bits per heavy atom. The molecule has 0 saturated heterocycles. The Morgan fingerprint density at radius 3 is 2.78 bits per heavy atom. The van der Waals surface area contributed by atoms with Crippen molar-refractivity contribution in [2.24, 2.45) is 0 Å². The smallest absolute Gasteiger partial charge is 0.178 e. The number of nitrogens with zero attached hydrogens (tertiary/aromatic N) is 3. The highest BCUT2D eigenvalue weighted by Gasteiger charge is 2.11. The van der Waals surface area contributed by atoms with Crippen LogP contribution in [-0.4, -0.2) is 14.6 Å². The van der Waals surface area contributed by atoms with Crippen LogP contribution in [0.3, 0.4) is 0 Å². The molecule has 0 atom stereocenters. The Labute approximate surface area is 105 Å². The molecular formula is C14H14N4. The van der Waals surface area contributed by atoms with Crippen molar-refractivity contribution in [3.05, 3.63) is 59.5 Å². The van der Waals surface area contributed by atoms with E-state index < -0.39 is 0 Å². The van der Waals surface area contributed by atoms with E-state index in [9.17, 15) is 0 Å². The highest BCUT2D eigenvalue weighted by molar-refractivity contribution is 5.67. The summed E-state index contributed by atoms with van der Waals surface area (Å²) in [5, 5.41) is 4.50. The average Bonchev–Trinajstić information content (AvgIpc) is 2.67. The maximum absolute atomic E-state index is 6.09. The van der Waals surface area contributed by atoms with Crippen molar-refractivity contribution < 1.29 is 0 Å². The maximum Gasteiger partial charge on any atom is 0.178 e. The van der Waals surface area contributed by atoms with Crippen molar-refractivity contribution in [2.45, 2.75) is 13.3 Å². The van der Waals surface area contributed by atoms with Gasteiger partial charge in [-0.3, -0.25) is 0 Å². The number of hydrogen-bond acceptors (Lipinski definition) is 3. The van der Waals surface area contributed by atoms with Crippen molar-refractivity contribution in [2.75, 3.05) is 5.73 Å². The molecule has 0 saturated carbocycles. The van der Waals surface area contributed by atoms with Gasteiger partial charge in [0.2, 0.25) is 0 Å². The summed E-state index contributed by atoms with van der Waals surface area (Å²) >= 11 is 0. The SMILES string of the molecule is Cc1cnc2c(N)c(Cc3ccccc3)nn2c1. The lowest BCUT2D eigenvalue weighted by Crippen LogP contribution is -1.94. The molecule has 90 valence electrons. The standard InChI is InChI=1S/C14H14N4/c1-10-8-16-14-13(15)12(17-18(14)9-10)7-11-5-3-2-4-6-11/h2-6,8-9H,7,15H2,1H3. The van der Waals surface area contributed by atoms with Crippen LogP contribution >= 0.6 is 0 Å². The number of rotatable bonds is 2. The highest BCUT2D eigenvalue weighted by Crippen LogP contribution is 2.19.